The van der Waals surface area contributed by atoms with E-state index in [0.717, 1.165) is 18.9 Å². The van der Waals surface area contributed by atoms with E-state index in [1.807, 2.05) is 12.1 Å². The molecule has 3 nitrogen and oxygen atoms in total. The summed E-state index contributed by atoms with van der Waals surface area (Å²) in [5.41, 5.74) is 0.625. The average molecular weight is 231 g/mol. The summed E-state index contributed by atoms with van der Waals surface area (Å²) in [7, 11) is 0. The van der Waals surface area contributed by atoms with Gasteiger partial charge in [0.05, 0.1) is 5.56 Å². The number of pyridine rings is 1. The van der Waals surface area contributed by atoms with Crippen LogP contribution >= 0.6 is 0 Å². The third-order valence-corrected chi connectivity index (χ3v) is 2.76. The monoisotopic (exact) mass is 231 g/mol. The molecule has 0 aliphatic rings. The summed E-state index contributed by atoms with van der Waals surface area (Å²) >= 11 is 0. The molecule has 0 atom stereocenters. The molecule has 0 fully saturated rings. The SMILES string of the molecule is CCCCN(CCCC)c1ccc(C#N)cn1. The molecule has 1 aromatic heterocycles. The van der Waals surface area contributed by atoms with Crippen molar-refractivity contribution in [1.29, 1.82) is 5.26 Å². The molecule has 3 heteroatoms. The lowest BCUT2D eigenvalue weighted by Gasteiger charge is -2.23. The van der Waals surface area contributed by atoms with Crippen LogP contribution in [-0.2, 0) is 0 Å². The fraction of sp³-hybridized carbons (Fsp3) is 0.571. The Kier molecular flexibility index (Phi) is 6.09. The number of hydrogen-bond acceptors (Lipinski definition) is 3. The molecule has 0 amide bonds. The average Bonchev–Trinajstić information content (AvgIpc) is 2.39. The van der Waals surface area contributed by atoms with Crippen LogP contribution in [0, 0.1) is 11.3 Å². The zero-order chi connectivity index (χ0) is 12.5. The predicted molar refractivity (Wildman–Crippen MR) is 71.0 cm³/mol. The maximum atomic E-state index is 8.75. The molecule has 0 unspecified atom stereocenters. The number of hydrogen-bond donors (Lipinski definition) is 0. The molecule has 1 heterocycles. The number of unbranched alkanes of at least 4 members (excludes halogenated alkanes) is 2. The summed E-state index contributed by atoms with van der Waals surface area (Å²) in [5, 5.41) is 8.75. The van der Waals surface area contributed by atoms with Crippen LogP contribution < -0.4 is 4.90 Å². The molecule has 0 aliphatic heterocycles. The molecular weight excluding hydrogens is 210 g/mol. The predicted octanol–water partition coefficient (Wildman–Crippen LogP) is 3.36. The van der Waals surface area contributed by atoms with Gasteiger partial charge in [-0.05, 0) is 25.0 Å². The number of anilines is 1. The molecule has 0 saturated carbocycles. The highest BCUT2D eigenvalue weighted by molar-refractivity contribution is 5.41. The summed E-state index contributed by atoms with van der Waals surface area (Å²) in [4.78, 5) is 6.67. The molecule has 0 N–H and O–H groups in total. The highest BCUT2D eigenvalue weighted by Crippen LogP contribution is 2.13. The Morgan fingerprint density at radius 1 is 1.18 bits per heavy atom. The second-order valence-electron chi connectivity index (χ2n) is 4.21. The van der Waals surface area contributed by atoms with Gasteiger partial charge in [0.25, 0.3) is 0 Å². The summed E-state index contributed by atoms with van der Waals surface area (Å²) in [6.07, 6.45) is 6.41. The molecule has 0 aromatic carbocycles. The molecule has 92 valence electrons. The van der Waals surface area contributed by atoms with E-state index in [9.17, 15) is 0 Å². The lowest BCUT2D eigenvalue weighted by atomic mass is 10.2. The van der Waals surface area contributed by atoms with Crippen LogP contribution in [0.1, 0.15) is 45.1 Å². The Morgan fingerprint density at radius 2 is 1.82 bits per heavy atom. The van der Waals surface area contributed by atoms with Crippen molar-refractivity contribution < 1.29 is 0 Å². The van der Waals surface area contributed by atoms with Gasteiger partial charge in [-0.1, -0.05) is 26.7 Å². The number of rotatable bonds is 7. The van der Waals surface area contributed by atoms with Crippen LogP contribution in [-0.4, -0.2) is 18.1 Å². The summed E-state index contributed by atoms with van der Waals surface area (Å²) < 4.78 is 0. The zero-order valence-electron chi connectivity index (χ0n) is 10.8. The van der Waals surface area contributed by atoms with E-state index >= 15 is 0 Å². The van der Waals surface area contributed by atoms with Crippen molar-refractivity contribution in [3.8, 4) is 6.07 Å². The van der Waals surface area contributed by atoms with E-state index in [1.165, 1.54) is 25.7 Å². The van der Waals surface area contributed by atoms with Crippen molar-refractivity contribution in [1.82, 2.24) is 4.98 Å². The second-order valence-corrected chi connectivity index (χ2v) is 4.21. The van der Waals surface area contributed by atoms with Crippen LogP contribution in [0.2, 0.25) is 0 Å². The molecule has 0 radical (unpaired) electrons. The molecule has 0 bridgehead atoms. The van der Waals surface area contributed by atoms with Crippen molar-refractivity contribution in [3.63, 3.8) is 0 Å². The van der Waals surface area contributed by atoms with Crippen LogP contribution in [0.5, 0.6) is 0 Å². The maximum Gasteiger partial charge on any atom is 0.128 e. The van der Waals surface area contributed by atoms with E-state index < -0.39 is 0 Å². The van der Waals surface area contributed by atoms with E-state index in [0.29, 0.717) is 5.56 Å². The van der Waals surface area contributed by atoms with Crippen molar-refractivity contribution in [2.75, 3.05) is 18.0 Å². The van der Waals surface area contributed by atoms with Gasteiger partial charge < -0.3 is 4.90 Å². The first-order chi connectivity index (χ1) is 8.31. The van der Waals surface area contributed by atoms with Gasteiger partial charge in [-0.3, -0.25) is 0 Å². The van der Waals surface area contributed by atoms with Gasteiger partial charge in [-0.25, -0.2) is 4.98 Å². The highest BCUT2D eigenvalue weighted by Gasteiger charge is 2.06. The highest BCUT2D eigenvalue weighted by atomic mass is 15.2. The quantitative estimate of drug-likeness (QED) is 0.722. The molecule has 0 saturated heterocycles. The van der Waals surface area contributed by atoms with Crippen molar-refractivity contribution in [2.24, 2.45) is 0 Å². The Labute approximate surface area is 104 Å². The van der Waals surface area contributed by atoms with Crippen LogP contribution in [0.25, 0.3) is 0 Å². The third-order valence-electron chi connectivity index (χ3n) is 2.76. The zero-order valence-corrected chi connectivity index (χ0v) is 10.8. The van der Waals surface area contributed by atoms with E-state index in [2.05, 4.69) is 29.8 Å². The van der Waals surface area contributed by atoms with Gasteiger partial charge in [0.1, 0.15) is 11.9 Å². The topological polar surface area (TPSA) is 39.9 Å². The fourth-order valence-corrected chi connectivity index (χ4v) is 1.68. The number of aromatic nitrogens is 1. The minimum atomic E-state index is 0.625. The summed E-state index contributed by atoms with van der Waals surface area (Å²) in [6.45, 7) is 6.50. The Balaban J connectivity index is 2.69. The minimum absolute atomic E-state index is 0.625. The largest absolute Gasteiger partial charge is 0.357 e. The van der Waals surface area contributed by atoms with Crippen LogP contribution in [0.4, 0.5) is 5.82 Å². The number of nitrogens with zero attached hydrogens (tertiary/aromatic N) is 3. The van der Waals surface area contributed by atoms with Crippen molar-refractivity contribution in [2.45, 2.75) is 39.5 Å². The van der Waals surface area contributed by atoms with Gasteiger partial charge in [0.2, 0.25) is 0 Å². The van der Waals surface area contributed by atoms with Gasteiger partial charge in [0.15, 0.2) is 0 Å². The van der Waals surface area contributed by atoms with Gasteiger partial charge in [-0.15, -0.1) is 0 Å². The van der Waals surface area contributed by atoms with Gasteiger partial charge >= 0.3 is 0 Å². The lowest BCUT2D eigenvalue weighted by Crippen LogP contribution is -2.26. The molecular formula is C14H21N3. The van der Waals surface area contributed by atoms with Crippen molar-refractivity contribution in [3.05, 3.63) is 23.9 Å². The normalized spacial score (nSPS) is 9.94. The first kappa shape index (κ1) is 13.5. The van der Waals surface area contributed by atoms with Gasteiger partial charge in [0, 0.05) is 19.3 Å². The van der Waals surface area contributed by atoms with E-state index in [-0.39, 0.29) is 0 Å². The minimum Gasteiger partial charge on any atom is -0.357 e. The fourth-order valence-electron chi connectivity index (χ4n) is 1.68. The standard InChI is InChI=1S/C14H21N3/c1-3-5-9-17(10-6-4-2)14-8-7-13(11-15)12-16-14/h7-8,12H,3-6,9-10H2,1-2H3. The Hall–Kier alpha value is -1.56. The lowest BCUT2D eigenvalue weighted by molar-refractivity contribution is 0.671. The molecule has 0 aliphatic carbocycles. The van der Waals surface area contributed by atoms with Crippen LogP contribution in [0.3, 0.4) is 0 Å². The first-order valence-corrected chi connectivity index (χ1v) is 6.43. The number of nitriles is 1. The van der Waals surface area contributed by atoms with Crippen LogP contribution in [0.15, 0.2) is 18.3 Å². The summed E-state index contributed by atoms with van der Waals surface area (Å²) in [6, 6.07) is 5.89. The smallest absolute Gasteiger partial charge is 0.128 e. The third kappa shape index (κ3) is 4.44. The second kappa shape index (κ2) is 7.67. The maximum absolute atomic E-state index is 8.75. The van der Waals surface area contributed by atoms with E-state index in [1.54, 1.807) is 6.20 Å². The Bertz CT molecular complexity index is 343. The van der Waals surface area contributed by atoms with Gasteiger partial charge in [-0.2, -0.15) is 5.26 Å². The summed E-state index contributed by atoms with van der Waals surface area (Å²) in [5.74, 6) is 0.992. The Morgan fingerprint density at radius 3 is 2.24 bits per heavy atom. The molecule has 17 heavy (non-hydrogen) atoms. The van der Waals surface area contributed by atoms with E-state index in [4.69, 9.17) is 5.26 Å². The molecule has 1 aromatic rings. The van der Waals surface area contributed by atoms with Crippen molar-refractivity contribution >= 4 is 5.82 Å². The molecule has 1 rings (SSSR count). The molecule has 0 spiro atoms. The first-order valence-electron chi connectivity index (χ1n) is 6.43.